The van der Waals surface area contributed by atoms with Crippen LogP contribution in [0, 0.1) is 5.92 Å². The highest BCUT2D eigenvalue weighted by atomic mass is 16.5. The van der Waals surface area contributed by atoms with Crippen LogP contribution in [0.25, 0.3) is 0 Å². The molecule has 0 aromatic rings. The summed E-state index contributed by atoms with van der Waals surface area (Å²) in [6.45, 7) is 5.44. The molecule has 2 atom stereocenters. The molecular formula is C9H17NO4. The van der Waals surface area contributed by atoms with E-state index in [0.29, 0.717) is 0 Å². The summed E-state index contributed by atoms with van der Waals surface area (Å²) in [6.07, 6.45) is 0. The highest BCUT2D eigenvalue weighted by Crippen LogP contribution is 2.05. The Morgan fingerprint density at radius 3 is 2.00 bits per heavy atom. The van der Waals surface area contributed by atoms with Crippen molar-refractivity contribution in [3.63, 3.8) is 0 Å². The van der Waals surface area contributed by atoms with Crippen LogP contribution in [-0.4, -0.2) is 31.2 Å². The van der Waals surface area contributed by atoms with E-state index in [1.165, 1.54) is 0 Å². The first-order chi connectivity index (χ1) is 6.54. The molecule has 0 aliphatic rings. The van der Waals surface area contributed by atoms with Crippen molar-refractivity contribution in [3.8, 4) is 0 Å². The zero-order valence-corrected chi connectivity index (χ0v) is 8.78. The van der Waals surface area contributed by atoms with Crippen LogP contribution in [0.1, 0.15) is 20.8 Å². The van der Waals surface area contributed by atoms with Gasteiger partial charge >= 0.3 is 11.9 Å². The third-order valence-electron chi connectivity index (χ3n) is 1.76. The fraction of sp³-hybridized carbons (Fsp3) is 0.778. The van der Waals surface area contributed by atoms with Crippen molar-refractivity contribution < 1.29 is 19.1 Å². The molecule has 0 saturated heterocycles. The first-order valence-corrected chi connectivity index (χ1v) is 4.63. The van der Waals surface area contributed by atoms with E-state index >= 15 is 0 Å². The summed E-state index contributed by atoms with van der Waals surface area (Å²) >= 11 is 0. The topological polar surface area (TPSA) is 78.6 Å². The molecule has 0 aliphatic carbocycles. The molecule has 2 unspecified atom stereocenters. The summed E-state index contributed by atoms with van der Waals surface area (Å²) in [5, 5.41) is 0. The van der Waals surface area contributed by atoms with Crippen LogP contribution in [0.5, 0.6) is 0 Å². The van der Waals surface area contributed by atoms with Gasteiger partial charge in [0.05, 0.1) is 19.1 Å². The van der Waals surface area contributed by atoms with E-state index in [2.05, 4.69) is 4.74 Å². The van der Waals surface area contributed by atoms with Crippen LogP contribution in [0.4, 0.5) is 0 Å². The van der Waals surface area contributed by atoms with Gasteiger partial charge in [-0.05, 0) is 20.8 Å². The van der Waals surface area contributed by atoms with Crippen molar-refractivity contribution >= 4 is 11.9 Å². The van der Waals surface area contributed by atoms with E-state index in [-0.39, 0.29) is 13.2 Å². The molecular weight excluding hydrogens is 186 g/mol. The lowest BCUT2D eigenvalue weighted by molar-refractivity contribution is -0.155. The lowest BCUT2D eigenvalue weighted by Gasteiger charge is -2.16. The molecule has 0 aliphatic heterocycles. The number of ether oxygens (including phenoxy) is 2. The molecule has 0 amide bonds. The monoisotopic (exact) mass is 203 g/mol. The Hall–Kier alpha value is -1.10. The lowest BCUT2D eigenvalue weighted by atomic mass is 10.0. The highest BCUT2D eigenvalue weighted by Gasteiger charge is 2.28. The molecule has 0 aromatic carbocycles. The number of esters is 2. The first-order valence-electron chi connectivity index (χ1n) is 4.63. The van der Waals surface area contributed by atoms with Crippen LogP contribution < -0.4 is 5.73 Å². The molecule has 0 fully saturated rings. The van der Waals surface area contributed by atoms with Gasteiger partial charge in [-0.15, -0.1) is 0 Å². The molecule has 0 spiro atoms. The number of hydrogen-bond donors (Lipinski definition) is 1. The number of rotatable bonds is 5. The Morgan fingerprint density at radius 2 is 1.57 bits per heavy atom. The second kappa shape index (κ2) is 6.37. The predicted molar refractivity (Wildman–Crippen MR) is 50.4 cm³/mol. The second-order valence-electron chi connectivity index (χ2n) is 2.82. The molecule has 0 saturated carbocycles. The van der Waals surface area contributed by atoms with E-state index in [4.69, 9.17) is 10.5 Å². The van der Waals surface area contributed by atoms with Crippen molar-refractivity contribution in [1.82, 2.24) is 0 Å². The van der Waals surface area contributed by atoms with Gasteiger partial charge < -0.3 is 15.2 Å². The Morgan fingerprint density at radius 1 is 1.14 bits per heavy atom. The number of hydrogen-bond acceptors (Lipinski definition) is 5. The maximum atomic E-state index is 11.2. The Balaban J connectivity index is 4.16. The van der Waals surface area contributed by atoms with Gasteiger partial charge in [0, 0.05) is 0 Å². The fourth-order valence-electron chi connectivity index (χ4n) is 0.863. The summed E-state index contributed by atoms with van der Waals surface area (Å²) in [6, 6.07) is -0.950. The van der Waals surface area contributed by atoms with E-state index in [1.807, 2.05) is 0 Å². The third kappa shape index (κ3) is 3.74. The molecule has 0 heterocycles. The lowest BCUT2D eigenvalue weighted by Crippen LogP contribution is -2.42. The quantitative estimate of drug-likeness (QED) is 0.640. The first kappa shape index (κ1) is 12.9. The van der Waals surface area contributed by atoms with Gasteiger partial charge in [-0.25, -0.2) is 0 Å². The average molecular weight is 203 g/mol. The van der Waals surface area contributed by atoms with Crippen LogP contribution in [0.2, 0.25) is 0 Å². The Bertz CT molecular complexity index is 183. The zero-order valence-electron chi connectivity index (χ0n) is 8.78. The molecule has 2 N–H and O–H groups in total. The molecule has 0 radical (unpaired) electrons. The van der Waals surface area contributed by atoms with Crippen LogP contribution >= 0.6 is 0 Å². The van der Waals surface area contributed by atoms with E-state index in [9.17, 15) is 9.59 Å². The van der Waals surface area contributed by atoms with Gasteiger partial charge in [-0.2, -0.15) is 0 Å². The number of nitrogens with two attached hydrogens (primary N) is 1. The van der Waals surface area contributed by atoms with Gasteiger partial charge in [0.2, 0.25) is 0 Å². The van der Waals surface area contributed by atoms with Crippen LogP contribution in [-0.2, 0) is 19.1 Å². The number of carbonyl (C=O) groups is 2. The zero-order chi connectivity index (χ0) is 11.1. The van der Waals surface area contributed by atoms with E-state index < -0.39 is 23.9 Å². The fourth-order valence-corrected chi connectivity index (χ4v) is 0.863. The average Bonchev–Trinajstić information content (AvgIpc) is 2.16. The van der Waals surface area contributed by atoms with Crippen molar-refractivity contribution in [2.24, 2.45) is 11.7 Å². The second-order valence-corrected chi connectivity index (χ2v) is 2.82. The minimum atomic E-state index is -0.950. The van der Waals surface area contributed by atoms with E-state index in [0.717, 1.165) is 0 Å². The minimum absolute atomic E-state index is 0.252. The van der Waals surface area contributed by atoms with Gasteiger partial charge in [0.15, 0.2) is 0 Å². The van der Waals surface area contributed by atoms with Crippen LogP contribution in [0.15, 0.2) is 0 Å². The summed E-state index contributed by atoms with van der Waals surface area (Å²) in [5.74, 6) is -1.73. The summed E-state index contributed by atoms with van der Waals surface area (Å²) in [4.78, 5) is 22.3. The largest absolute Gasteiger partial charge is 0.466 e. The van der Waals surface area contributed by atoms with Crippen molar-refractivity contribution in [2.75, 3.05) is 13.2 Å². The SMILES string of the molecule is CCOC(=O)C(C)C(N)C(=O)OCC. The van der Waals surface area contributed by atoms with Gasteiger partial charge in [-0.1, -0.05) is 0 Å². The van der Waals surface area contributed by atoms with E-state index in [1.54, 1.807) is 20.8 Å². The normalized spacial score (nSPS) is 14.3. The minimum Gasteiger partial charge on any atom is -0.466 e. The smallest absolute Gasteiger partial charge is 0.323 e. The highest BCUT2D eigenvalue weighted by molar-refractivity contribution is 5.84. The Labute approximate surface area is 83.5 Å². The van der Waals surface area contributed by atoms with Gasteiger partial charge in [-0.3, -0.25) is 9.59 Å². The maximum absolute atomic E-state index is 11.2. The molecule has 14 heavy (non-hydrogen) atoms. The summed E-state index contributed by atoms with van der Waals surface area (Å²) in [7, 11) is 0. The van der Waals surface area contributed by atoms with Crippen molar-refractivity contribution in [3.05, 3.63) is 0 Å². The molecule has 0 rings (SSSR count). The number of carbonyl (C=O) groups excluding carboxylic acids is 2. The van der Waals surface area contributed by atoms with Crippen molar-refractivity contribution in [1.29, 1.82) is 0 Å². The van der Waals surface area contributed by atoms with Gasteiger partial charge in [0.25, 0.3) is 0 Å². The summed E-state index contributed by atoms with van der Waals surface area (Å²) in [5.41, 5.74) is 5.50. The molecule has 0 aromatic heterocycles. The standard InChI is InChI=1S/C9H17NO4/c1-4-13-8(11)6(3)7(10)9(12)14-5-2/h6-7H,4-5,10H2,1-3H3. The van der Waals surface area contributed by atoms with Crippen molar-refractivity contribution in [2.45, 2.75) is 26.8 Å². The molecule has 5 nitrogen and oxygen atoms in total. The maximum Gasteiger partial charge on any atom is 0.323 e. The molecule has 5 heteroatoms. The molecule has 82 valence electrons. The molecule has 0 bridgehead atoms. The Kier molecular flexibility index (Phi) is 5.87. The van der Waals surface area contributed by atoms with Crippen LogP contribution in [0.3, 0.4) is 0 Å². The van der Waals surface area contributed by atoms with Gasteiger partial charge in [0.1, 0.15) is 6.04 Å². The predicted octanol–water partition coefficient (Wildman–Crippen LogP) is 0.0760. The summed E-state index contributed by atoms with van der Waals surface area (Å²) < 4.78 is 9.41. The third-order valence-corrected chi connectivity index (χ3v) is 1.76.